The van der Waals surface area contributed by atoms with Crippen LogP contribution in [-0.4, -0.2) is 28.5 Å². The largest absolute Gasteiger partial charge is 0.396 e. The van der Waals surface area contributed by atoms with E-state index in [0.717, 1.165) is 5.56 Å². The topological polar surface area (TPSA) is 60.7 Å². The first-order chi connectivity index (χ1) is 6.69. The van der Waals surface area contributed by atoms with Crippen LogP contribution >= 0.6 is 0 Å². The summed E-state index contributed by atoms with van der Waals surface area (Å²) in [5, 5.41) is 27.1. The number of hydrogen-bond donors (Lipinski definition) is 3. The molecule has 1 rings (SSSR count). The third-order valence-corrected chi connectivity index (χ3v) is 2.31. The first-order valence-electron chi connectivity index (χ1n) is 4.68. The predicted octanol–water partition coefficient (Wildman–Crippen LogP) is 0.808. The molecule has 0 aliphatic rings. The summed E-state index contributed by atoms with van der Waals surface area (Å²) < 4.78 is 0. The summed E-state index contributed by atoms with van der Waals surface area (Å²) in [5.41, 5.74) is 1.66. The zero-order valence-electron chi connectivity index (χ0n) is 8.22. The SMILES string of the molecule is CC(CO)c1cccc(C(O)CO)c1. The Hall–Kier alpha value is -0.900. The quantitative estimate of drug-likeness (QED) is 0.667. The van der Waals surface area contributed by atoms with E-state index in [0.29, 0.717) is 5.56 Å². The Morgan fingerprint density at radius 2 is 1.79 bits per heavy atom. The van der Waals surface area contributed by atoms with Gasteiger partial charge in [-0.05, 0) is 11.1 Å². The lowest BCUT2D eigenvalue weighted by atomic mass is 9.98. The second-order valence-electron chi connectivity index (χ2n) is 3.45. The minimum Gasteiger partial charge on any atom is -0.396 e. The van der Waals surface area contributed by atoms with Gasteiger partial charge >= 0.3 is 0 Å². The molecule has 0 heterocycles. The number of benzene rings is 1. The van der Waals surface area contributed by atoms with Crippen molar-refractivity contribution in [2.24, 2.45) is 0 Å². The van der Waals surface area contributed by atoms with Crippen molar-refractivity contribution in [2.75, 3.05) is 13.2 Å². The Balaban J connectivity index is 2.89. The molecule has 0 saturated carbocycles. The molecule has 0 aliphatic heterocycles. The van der Waals surface area contributed by atoms with Crippen LogP contribution in [0.4, 0.5) is 0 Å². The maximum absolute atomic E-state index is 9.40. The number of hydrogen-bond acceptors (Lipinski definition) is 3. The summed E-state index contributed by atoms with van der Waals surface area (Å²) in [6.45, 7) is 1.71. The van der Waals surface area contributed by atoms with Crippen molar-refractivity contribution in [3.8, 4) is 0 Å². The molecule has 2 atom stereocenters. The van der Waals surface area contributed by atoms with E-state index < -0.39 is 6.10 Å². The summed E-state index contributed by atoms with van der Waals surface area (Å²) >= 11 is 0. The monoisotopic (exact) mass is 196 g/mol. The van der Waals surface area contributed by atoms with Crippen LogP contribution < -0.4 is 0 Å². The first-order valence-corrected chi connectivity index (χ1v) is 4.68. The highest BCUT2D eigenvalue weighted by atomic mass is 16.3. The minimum absolute atomic E-state index is 0.0563. The third kappa shape index (κ3) is 2.54. The van der Waals surface area contributed by atoms with Gasteiger partial charge in [-0.1, -0.05) is 31.2 Å². The summed E-state index contributed by atoms with van der Waals surface area (Å²) in [6.07, 6.45) is -0.833. The van der Waals surface area contributed by atoms with E-state index in [1.807, 2.05) is 25.1 Å². The van der Waals surface area contributed by atoms with Crippen LogP contribution in [0.15, 0.2) is 24.3 Å². The lowest BCUT2D eigenvalue weighted by molar-refractivity contribution is 0.0955. The molecule has 0 fully saturated rings. The van der Waals surface area contributed by atoms with Crippen molar-refractivity contribution in [2.45, 2.75) is 18.9 Å². The van der Waals surface area contributed by atoms with Crippen LogP contribution in [0.5, 0.6) is 0 Å². The molecule has 0 amide bonds. The van der Waals surface area contributed by atoms with E-state index >= 15 is 0 Å². The molecule has 78 valence electrons. The minimum atomic E-state index is -0.833. The predicted molar refractivity (Wildman–Crippen MR) is 54.0 cm³/mol. The Labute approximate surface area is 83.6 Å². The van der Waals surface area contributed by atoms with Gasteiger partial charge in [0.2, 0.25) is 0 Å². The van der Waals surface area contributed by atoms with Crippen LogP contribution in [0.3, 0.4) is 0 Å². The molecule has 2 unspecified atom stereocenters. The van der Waals surface area contributed by atoms with Crippen LogP contribution in [0.1, 0.15) is 30.1 Å². The number of aliphatic hydroxyl groups excluding tert-OH is 3. The highest BCUT2D eigenvalue weighted by Gasteiger charge is 2.09. The highest BCUT2D eigenvalue weighted by Crippen LogP contribution is 2.19. The fourth-order valence-electron chi connectivity index (χ4n) is 1.28. The van der Waals surface area contributed by atoms with Crippen LogP contribution in [0.25, 0.3) is 0 Å². The first kappa shape index (κ1) is 11.2. The smallest absolute Gasteiger partial charge is 0.102 e. The Morgan fingerprint density at radius 3 is 2.36 bits per heavy atom. The van der Waals surface area contributed by atoms with E-state index in [1.165, 1.54) is 0 Å². The van der Waals surface area contributed by atoms with Gasteiger partial charge in [0.25, 0.3) is 0 Å². The zero-order chi connectivity index (χ0) is 10.6. The summed E-state index contributed by atoms with van der Waals surface area (Å²) in [4.78, 5) is 0. The normalized spacial score (nSPS) is 15.1. The van der Waals surface area contributed by atoms with E-state index in [4.69, 9.17) is 10.2 Å². The van der Waals surface area contributed by atoms with Crippen molar-refractivity contribution in [1.29, 1.82) is 0 Å². The van der Waals surface area contributed by atoms with E-state index in [9.17, 15) is 5.11 Å². The molecule has 3 heteroatoms. The van der Waals surface area contributed by atoms with Crippen molar-refractivity contribution >= 4 is 0 Å². The van der Waals surface area contributed by atoms with Gasteiger partial charge in [0, 0.05) is 12.5 Å². The van der Waals surface area contributed by atoms with E-state index in [-0.39, 0.29) is 19.1 Å². The van der Waals surface area contributed by atoms with E-state index in [1.54, 1.807) is 6.07 Å². The third-order valence-electron chi connectivity index (χ3n) is 2.31. The van der Waals surface area contributed by atoms with Gasteiger partial charge in [-0.15, -0.1) is 0 Å². The summed E-state index contributed by atoms with van der Waals surface area (Å²) in [6, 6.07) is 7.28. The molecule has 1 aromatic carbocycles. The van der Waals surface area contributed by atoms with Crippen molar-refractivity contribution < 1.29 is 15.3 Å². The Kier molecular flexibility index (Phi) is 4.07. The number of aliphatic hydroxyl groups is 3. The van der Waals surface area contributed by atoms with Crippen LogP contribution in [-0.2, 0) is 0 Å². The molecule has 1 aromatic rings. The Morgan fingerprint density at radius 1 is 1.14 bits per heavy atom. The van der Waals surface area contributed by atoms with Gasteiger partial charge in [-0.2, -0.15) is 0 Å². The zero-order valence-corrected chi connectivity index (χ0v) is 8.22. The second kappa shape index (κ2) is 5.10. The lowest BCUT2D eigenvalue weighted by Crippen LogP contribution is -2.05. The van der Waals surface area contributed by atoms with Crippen molar-refractivity contribution in [3.63, 3.8) is 0 Å². The van der Waals surface area contributed by atoms with Crippen LogP contribution in [0, 0.1) is 0 Å². The molecule has 0 radical (unpaired) electrons. The van der Waals surface area contributed by atoms with Gasteiger partial charge in [-0.25, -0.2) is 0 Å². The molecule has 0 aliphatic carbocycles. The fourth-order valence-corrected chi connectivity index (χ4v) is 1.28. The second-order valence-corrected chi connectivity index (χ2v) is 3.45. The molecule has 14 heavy (non-hydrogen) atoms. The van der Waals surface area contributed by atoms with Gasteiger partial charge in [0.15, 0.2) is 0 Å². The Bertz CT molecular complexity index is 260. The molecule has 0 aromatic heterocycles. The molecular formula is C11H16O3. The van der Waals surface area contributed by atoms with Crippen molar-refractivity contribution in [3.05, 3.63) is 35.4 Å². The summed E-state index contributed by atoms with van der Waals surface area (Å²) in [5.74, 6) is 0.0563. The molecular weight excluding hydrogens is 180 g/mol. The molecule has 3 N–H and O–H groups in total. The maximum atomic E-state index is 9.40. The standard InChI is InChI=1S/C11H16O3/c1-8(6-12)9-3-2-4-10(5-9)11(14)7-13/h2-5,8,11-14H,6-7H2,1H3. The maximum Gasteiger partial charge on any atom is 0.102 e. The number of rotatable bonds is 4. The van der Waals surface area contributed by atoms with Gasteiger partial charge in [-0.3, -0.25) is 0 Å². The average Bonchev–Trinajstić information content (AvgIpc) is 2.27. The average molecular weight is 196 g/mol. The molecule has 0 saturated heterocycles. The highest BCUT2D eigenvalue weighted by molar-refractivity contribution is 5.27. The van der Waals surface area contributed by atoms with Gasteiger partial charge in [0.05, 0.1) is 6.61 Å². The van der Waals surface area contributed by atoms with Gasteiger partial charge in [0.1, 0.15) is 6.10 Å². The van der Waals surface area contributed by atoms with Crippen LogP contribution in [0.2, 0.25) is 0 Å². The van der Waals surface area contributed by atoms with Gasteiger partial charge < -0.3 is 15.3 Å². The fraction of sp³-hybridized carbons (Fsp3) is 0.455. The lowest BCUT2D eigenvalue weighted by Gasteiger charge is -2.12. The van der Waals surface area contributed by atoms with Crippen molar-refractivity contribution in [1.82, 2.24) is 0 Å². The molecule has 3 nitrogen and oxygen atoms in total. The van der Waals surface area contributed by atoms with E-state index in [2.05, 4.69) is 0 Å². The summed E-state index contributed by atoms with van der Waals surface area (Å²) in [7, 11) is 0. The molecule has 0 spiro atoms. The molecule has 0 bridgehead atoms.